The first kappa shape index (κ1) is 12.3. The maximum atomic E-state index is 9.93. The minimum Gasteiger partial charge on any atom is -0.504 e. The largest absolute Gasteiger partial charge is 0.504 e. The van der Waals surface area contributed by atoms with Gasteiger partial charge < -0.3 is 19.7 Å². The Kier molecular flexibility index (Phi) is 2.50. The molecule has 3 aromatic carbocycles. The zero-order valence-electron chi connectivity index (χ0n) is 11.5. The van der Waals surface area contributed by atoms with Crippen LogP contribution in [0.1, 0.15) is 5.56 Å². The zero-order valence-corrected chi connectivity index (χ0v) is 11.5. The average molecular weight is 282 g/mol. The lowest BCUT2D eigenvalue weighted by Gasteiger charge is -2.10. The topological polar surface area (TPSA) is 58.9 Å². The van der Waals surface area contributed by atoms with Crippen molar-refractivity contribution in [2.75, 3.05) is 7.11 Å². The van der Waals surface area contributed by atoms with E-state index in [2.05, 4.69) is 0 Å². The molecule has 3 aromatic rings. The van der Waals surface area contributed by atoms with Crippen LogP contribution in [0.25, 0.3) is 21.5 Å². The summed E-state index contributed by atoms with van der Waals surface area (Å²) in [5, 5.41) is 23.7. The van der Waals surface area contributed by atoms with Gasteiger partial charge in [-0.25, -0.2) is 0 Å². The molecule has 1 unspecified atom stereocenters. The van der Waals surface area contributed by atoms with Crippen LogP contribution < -0.4 is 9.47 Å². The molecule has 21 heavy (non-hydrogen) atoms. The van der Waals surface area contributed by atoms with Gasteiger partial charge in [-0.3, -0.25) is 0 Å². The van der Waals surface area contributed by atoms with Crippen molar-refractivity contribution in [1.82, 2.24) is 0 Å². The summed E-state index contributed by atoms with van der Waals surface area (Å²) in [4.78, 5) is 0. The molecule has 0 fully saturated rings. The lowest BCUT2D eigenvalue weighted by Crippen LogP contribution is -2.09. The van der Waals surface area contributed by atoms with E-state index >= 15 is 0 Å². The minimum atomic E-state index is -0.792. The van der Waals surface area contributed by atoms with Crippen LogP contribution >= 0.6 is 0 Å². The molecule has 0 saturated carbocycles. The van der Waals surface area contributed by atoms with Crippen molar-refractivity contribution in [2.24, 2.45) is 0 Å². The molecule has 1 atom stereocenters. The third-order valence-corrected chi connectivity index (χ3v) is 4.01. The van der Waals surface area contributed by atoms with E-state index in [-0.39, 0.29) is 5.75 Å². The van der Waals surface area contributed by atoms with E-state index in [1.165, 1.54) is 7.11 Å². The summed E-state index contributed by atoms with van der Waals surface area (Å²) < 4.78 is 10.6. The van der Waals surface area contributed by atoms with Gasteiger partial charge in [-0.05, 0) is 39.7 Å². The number of methoxy groups -OCH3 is 1. The van der Waals surface area contributed by atoms with Crippen molar-refractivity contribution in [3.63, 3.8) is 0 Å². The monoisotopic (exact) mass is 282 g/mol. The predicted octanol–water partition coefficient (Wildman–Crippen LogP) is 2.96. The van der Waals surface area contributed by atoms with Crippen LogP contribution in [0.3, 0.4) is 0 Å². The van der Waals surface area contributed by atoms with Crippen LogP contribution in [0.4, 0.5) is 0 Å². The Hall–Kier alpha value is -2.46. The molecule has 2 N–H and O–H groups in total. The summed E-state index contributed by atoms with van der Waals surface area (Å²) in [6.07, 6.45) is -0.325. The average Bonchev–Trinajstić information content (AvgIpc) is 2.86. The molecular formula is C17H14O4. The number of rotatable bonds is 1. The van der Waals surface area contributed by atoms with Crippen LogP contribution in [0.2, 0.25) is 0 Å². The fourth-order valence-corrected chi connectivity index (χ4v) is 3.06. The highest BCUT2D eigenvalue weighted by Gasteiger charge is 2.23. The fraction of sp³-hybridized carbons (Fsp3) is 0.176. The SMILES string of the molecule is COc1cc2c(ccc3ccc4c(c32)CC(O)O4)cc1O. The molecule has 0 saturated heterocycles. The number of aliphatic hydroxyl groups excluding tert-OH is 1. The smallest absolute Gasteiger partial charge is 0.201 e. The summed E-state index contributed by atoms with van der Waals surface area (Å²) in [5.74, 6) is 1.27. The van der Waals surface area contributed by atoms with Crippen molar-refractivity contribution in [3.8, 4) is 17.2 Å². The van der Waals surface area contributed by atoms with Crippen molar-refractivity contribution < 1.29 is 19.7 Å². The second-order valence-corrected chi connectivity index (χ2v) is 5.23. The number of hydrogen-bond donors (Lipinski definition) is 2. The summed E-state index contributed by atoms with van der Waals surface area (Å²) in [6.45, 7) is 0. The van der Waals surface area contributed by atoms with Crippen molar-refractivity contribution in [2.45, 2.75) is 12.7 Å². The number of aliphatic hydroxyl groups is 1. The number of phenols is 1. The molecule has 0 aliphatic carbocycles. The molecule has 0 radical (unpaired) electrons. The van der Waals surface area contributed by atoms with Gasteiger partial charge >= 0.3 is 0 Å². The lowest BCUT2D eigenvalue weighted by atomic mass is 9.96. The lowest BCUT2D eigenvalue weighted by molar-refractivity contribution is 0.00218. The Morgan fingerprint density at radius 3 is 2.71 bits per heavy atom. The quantitative estimate of drug-likeness (QED) is 0.674. The fourth-order valence-electron chi connectivity index (χ4n) is 3.06. The van der Waals surface area contributed by atoms with E-state index in [0.717, 1.165) is 32.9 Å². The highest BCUT2D eigenvalue weighted by molar-refractivity contribution is 6.11. The minimum absolute atomic E-state index is 0.119. The Labute approximate surface area is 121 Å². The predicted molar refractivity (Wildman–Crippen MR) is 80.0 cm³/mol. The highest BCUT2D eigenvalue weighted by Crippen LogP contribution is 2.41. The standard InChI is InChI=1S/C17H14O4/c1-20-15-7-11-10(6-13(15)18)3-2-9-4-5-14-12(17(9)11)8-16(19)21-14/h2-7,16,18-19H,8H2,1H3. The highest BCUT2D eigenvalue weighted by atomic mass is 16.6. The van der Waals surface area contributed by atoms with E-state index in [1.54, 1.807) is 6.07 Å². The third-order valence-electron chi connectivity index (χ3n) is 4.01. The van der Waals surface area contributed by atoms with Gasteiger partial charge in [0.25, 0.3) is 0 Å². The number of fused-ring (bicyclic) bond motifs is 5. The Balaban J connectivity index is 2.15. The molecule has 4 rings (SSSR count). The molecular weight excluding hydrogens is 268 g/mol. The molecule has 4 heteroatoms. The van der Waals surface area contributed by atoms with Crippen LogP contribution in [0.15, 0.2) is 36.4 Å². The van der Waals surface area contributed by atoms with Crippen LogP contribution in [-0.4, -0.2) is 23.6 Å². The number of hydrogen-bond acceptors (Lipinski definition) is 4. The first-order valence-corrected chi connectivity index (χ1v) is 6.77. The molecule has 1 aliphatic rings. The Morgan fingerprint density at radius 1 is 1.14 bits per heavy atom. The first-order valence-electron chi connectivity index (χ1n) is 6.77. The molecule has 1 aliphatic heterocycles. The third kappa shape index (κ3) is 1.73. The summed E-state index contributed by atoms with van der Waals surface area (Å²) >= 11 is 0. The van der Waals surface area contributed by atoms with E-state index in [4.69, 9.17) is 9.47 Å². The van der Waals surface area contributed by atoms with Crippen LogP contribution in [0.5, 0.6) is 17.2 Å². The molecule has 106 valence electrons. The van der Waals surface area contributed by atoms with Gasteiger partial charge in [0.2, 0.25) is 6.29 Å². The zero-order chi connectivity index (χ0) is 14.6. The van der Waals surface area contributed by atoms with E-state index in [0.29, 0.717) is 12.2 Å². The van der Waals surface area contributed by atoms with Gasteiger partial charge in [-0.15, -0.1) is 0 Å². The number of benzene rings is 3. The number of aromatic hydroxyl groups is 1. The van der Waals surface area contributed by atoms with Crippen molar-refractivity contribution >= 4 is 21.5 Å². The normalized spacial score (nSPS) is 17.0. The number of ether oxygens (including phenoxy) is 2. The second-order valence-electron chi connectivity index (χ2n) is 5.23. The van der Waals surface area contributed by atoms with E-state index < -0.39 is 6.29 Å². The van der Waals surface area contributed by atoms with Crippen molar-refractivity contribution in [3.05, 3.63) is 42.0 Å². The first-order chi connectivity index (χ1) is 10.2. The van der Waals surface area contributed by atoms with Gasteiger partial charge in [0, 0.05) is 12.0 Å². The Bertz CT molecular complexity index is 870. The molecule has 0 aromatic heterocycles. The van der Waals surface area contributed by atoms with Gasteiger partial charge in [-0.1, -0.05) is 18.2 Å². The van der Waals surface area contributed by atoms with Crippen molar-refractivity contribution in [1.29, 1.82) is 0 Å². The molecule has 0 spiro atoms. The Morgan fingerprint density at radius 2 is 1.90 bits per heavy atom. The van der Waals surface area contributed by atoms with Crippen LogP contribution in [0, 0.1) is 0 Å². The number of phenolic OH excluding ortho intramolecular Hbond substituents is 1. The maximum Gasteiger partial charge on any atom is 0.201 e. The molecule has 0 bridgehead atoms. The van der Waals surface area contributed by atoms with Gasteiger partial charge in [-0.2, -0.15) is 0 Å². The van der Waals surface area contributed by atoms with E-state index in [9.17, 15) is 10.2 Å². The maximum absolute atomic E-state index is 9.93. The summed E-state index contributed by atoms with van der Waals surface area (Å²) in [5.41, 5.74) is 0.998. The van der Waals surface area contributed by atoms with Gasteiger partial charge in [0.1, 0.15) is 5.75 Å². The molecule has 0 amide bonds. The van der Waals surface area contributed by atoms with Crippen LogP contribution in [-0.2, 0) is 6.42 Å². The van der Waals surface area contributed by atoms with E-state index in [1.807, 2.05) is 30.3 Å². The molecule has 1 heterocycles. The van der Waals surface area contributed by atoms with Gasteiger partial charge in [0.05, 0.1) is 7.11 Å². The second kappa shape index (κ2) is 4.27. The summed E-state index contributed by atoms with van der Waals surface area (Å²) in [7, 11) is 1.53. The molecule has 4 nitrogen and oxygen atoms in total. The summed E-state index contributed by atoms with van der Waals surface area (Å²) in [6, 6.07) is 11.4. The van der Waals surface area contributed by atoms with Gasteiger partial charge in [0.15, 0.2) is 11.5 Å².